The number of para-hydroxylation sites is 2. The number of ether oxygens (including phenoxy) is 4. The molecule has 2 N–H and O–H groups in total. The van der Waals surface area contributed by atoms with Crippen molar-refractivity contribution in [3.8, 4) is 23.1 Å². The molecule has 0 aliphatic heterocycles. The van der Waals surface area contributed by atoms with E-state index in [-0.39, 0.29) is 41.5 Å². The fourth-order valence-corrected chi connectivity index (χ4v) is 4.64. The quantitative estimate of drug-likeness (QED) is 0.201. The molecule has 42 heavy (non-hydrogen) atoms. The number of hydrogen-bond acceptors (Lipinski definition) is 10. The highest BCUT2D eigenvalue weighted by atomic mass is 32.2. The lowest BCUT2D eigenvalue weighted by molar-refractivity contribution is 0.135. The molecular weight excluding hydrogens is 562 g/mol. The van der Waals surface area contributed by atoms with E-state index in [1.165, 1.54) is 31.6 Å². The third-order valence-corrected chi connectivity index (χ3v) is 7.03. The average Bonchev–Trinajstić information content (AvgIpc) is 2.97. The van der Waals surface area contributed by atoms with Crippen molar-refractivity contribution in [1.29, 1.82) is 0 Å². The van der Waals surface area contributed by atoms with E-state index in [0.29, 0.717) is 23.0 Å². The maximum Gasteiger partial charge on any atom is 0.412 e. The highest BCUT2D eigenvalue weighted by Gasteiger charge is 2.24. The Labute approximate surface area is 244 Å². The fraction of sp³-hybridized carbons (Fsp3) is 0.241. The van der Waals surface area contributed by atoms with Crippen LogP contribution in [0.4, 0.5) is 16.3 Å². The van der Waals surface area contributed by atoms with Gasteiger partial charge in [0.05, 0.1) is 12.8 Å². The summed E-state index contributed by atoms with van der Waals surface area (Å²) in [4.78, 5) is 24.6. The molecule has 0 saturated carbocycles. The first-order valence-electron chi connectivity index (χ1n) is 12.9. The van der Waals surface area contributed by atoms with Gasteiger partial charge in [0.2, 0.25) is 5.75 Å². The second-order valence-electron chi connectivity index (χ2n) is 9.21. The van der Waals surface area contributed by atoms with Gasteiger partial charge in [-0.05, 0) is 54.8 Å². The number of aromatic nitrogens is 3. The number of sulfonamides is 1. The molecule has 13 heteroatoms. The third kappa shape index (κ3) is 7.85. The number of methoxy groups -OCH3 is 1. The van der Waals surface area contributed by atoms with E-state index in [9.17, 15) is 13.2 Å². The Kier molecular flexibility index (Phi) is 9.76. The molecule has 1 amide bonds. The summed E-state index contributed by atoms with van der Waals surface area (Å²) >= 11 is 0. The molecule has 0 aliphatic carbocycles. The zero-order valence-electron chi connectivity index (χ0n) is 23.5. The third-order valence-electron chi connectivity index (χ3n) is 5.75. The molecule has 1 aromatic carbocycles. The summed E-state index contributed by atoms with van der Waals surface area (Å²) in [7, 11) is -2.64. The summed E-state index contributed by atoms with van der Waals surface area (Å²) in [5, 5.41) is 2.33. The first-order valence-corrected chi connectivity index (χ1v) is 14.4. The van der Waals surface area contributed by atoms with Crippen LogP contribution in [0, 0.1) is 6.92 Å². The van der Waals surface area contributed by atoms with Gasteiger partial charge >= 0.3 is 6.09 Å². The molecule has 0 radical (unpaired) electrons. The van der Waals surface area contributed by atoms with E-state index < -0.39 is 16.1 Å². The van der Waals surface area contributed by atoms with Gasteiger partial charge in [-0.15, -0.1) is 0 Å². The van der Waals surface area contributed by atoms with Gasteiger partial charge in [-0.25, -0.2) is 19.7 Å². The average molecular weight is 594 g/mol. The van der Waals surface area contributed by atoms with Crippen molar-refractivity contribution in [2.75, 3.05) is 30.4 Å². The number of rotatable bonds is 12. The molecule has 4 aromatic rings. The molecule has 0 aliphatic rings. The van der Waals surface area contributed by atoms with Crippen molar-refractivity contribution in [2.45, 2.75) is 31.7 Å². The fourth-order valence-electron chi connectivity index (χ4n) is 3.66. The van der Waals surface area contributed by atoms with Gasteiger partial charge in [-0.3, -0.25) is 10.0 Å². The number of hydrogen-bond donors (Lipinski definition) is 2. The van der Waals surface area contributed by atoms with Crippen LogP contribution in [0.5, 0.6) is 23.1 Å². The zero-order valence-corrected chi connectivity index (χ0v) is 24.3. The van der Waals surface area contributed by atoms with Crippen LogP contribution < -0.4 is 24.2 Å². The summed E-state index contributed by atoms with van der Waals surface area (Å²) in [6.07, 6.45) is 2.35. The minimum Gasteiger partial charge on any atom is -0.493 e. The Morgan fingerprint density at radius 3 is 2.40 bits per heavy atom. The monoisotopic (exact) mass is 593 g/mol. The first-order chi connectivity index (χ1) is 20.2. The normalized spacial score (nSPS) is 11.1. The Hall–Kier alpha value is -4.91. The number of carbonyl (C=O) groups excluding carboxylic acids is 1. The molecule has 0 spiro atoms. The van der Waals surface area contributed by atoms with E-state index in [1.807, 2.05) is 13.8 Å². The van der Waals surface area contributed by atoms with Crippen LogP contribution in [0.1, 0.15) is 31.0 Å². The summed E-state index contributed by atoms with van der Waals surface area (Å²) in [6, 6.07) is 16.6. The molecule has 3 aromatic heterocycles. The number of amides is 1. The van der Waals surface area contributed by atoms with E-state index >= 15 is 0 Å². The van der Waals surface area contributed by atoms with Crippen molar-refractivity contribution >= 4 is 27.6 Å². The van der Waals surface area contributed by atoms with Gasteiger partial charge < -0.3 is 18.9 Å². The first kappa shape index (κ1) is 30.1. The van der Waals surface area contributed by atoms with Crippen LogP contribution in [-0.2, 0) is 14.8 Å². The minimum absolute atomic E-state index is 0.0228. The van der Waals surface area contributed by atoms with Crippen LogP contribution in [0.3, 0.4) is 0 Å². The highest BCUT2D eigenvalue weighted by molar-refractivity contribution is 7.92. The SMILES string of the molecule is COc1ccccc1Oc1c(NS(=O)(=O)c2ccc(C(C)C)cn2)cc(C)nc1OCCOC(=O)Nc1ccccn1. The van der Waals surface area contributed by atoms with E-state index in [1.54, 1.807) is 55.5 Å². The lowest BCUT2D eigenvalue weighted by Crippen LogP contribution is -2.19. The lowest BCUT2D eigenvalue weighted by atomic mass is 10.1. The number of carbonyl (C=O) groups is 1. The van der Waals surface area contributed by atoms with Gasteiger partial charge in [0.15, 0.2) is 16.5 Å². The Bertz CT molecular complexity index is 1620. The largest absolute Gasteiger partial charge is 0.493 e. The van der Waals surface area contributed by atoms with Crippen LogP contribution in [0.15, 0.2) is 78.1 Å². The van der Waals surface area contributed by atoms with E-state index in [4.69, 9.17) is 18.9 Å². The number of aryl methyl sites for hydroxylation is 1. The van der Waals surface area contributed by atoms with E-state index in [0.717, 1.165) is 5.56 Å². The second-order valence-corrected chi connectivity index (χ2v) is 10.8. The number of nitrogens with one attached hydrogen (secondary N) is 2. The van der Waals surface area contributed by atoms with Crippen LogP contribution in [0.25, 0.3) is 0 Å². The van der Waals surface area contributed by atoms with Crippen molar-refractivity contribution in [1.82, 2.24) is 15.0 Å². The van der Waals surface area contributed by atoms with Crippen molar-refractivity contribution < 1.29 is 32.2 Å². The van der Waals surface area contributed by atoms with E-state index in [2.05, 4.69) is 25.0 Å². The molecule has 220 valence electrons. The molecule has 4 rings (SSSR count). The summed E-state index contributed by atoms with van der Waals surface area (Å²) in [6.45, 7) is 5.40. The molecule has 0 unspecified atom stereocenters. The summed E-state index contributed by atoms with van der Waals surface area (Å²) in [5.74, 6) is 1.16. The number of nitrogens with zero attached hydrogens (tertiary/aromatic N) is 3. The summed E-state index contributed by atoms with van der Waals surface area (Å²) < 4.78 is 51.7. The van der Waals surface area contributed by atoms with Gasteiger partial charge in [0.1, 0.15) is 19.0 Å². The molecule has 0 bridgehead atoms. The van der Waals surface area contributed by atoms with Gasteiger partial charge in [0, 0.05) is 18.1 Å². The van der Waals surface area contributed by atoms with Gasteiger partial charge in [-0.2, -0.15) is 8.42 Å². The van der Waals surface area contributed by atoms with Crippen molar-refractivity contribution in [3.63, 3.8) is 0 Å². The molecular formula is C29H31N5O7S. The highest BCUT2D eigenvalue weighted by Crippen LogP contribution is 2.41. The molecule has 0 atom stereocenters. The Morgan fingerprint density at radius 1 is 0.976 bits per heavy atom. The Morgan fingerprint density at radius 2 is 1.74 bits per heavy atom. The zero-order chi connectivity index (χ0) is 30.1. The number of benzene rings is 1. The van der Waals surface area contributed by atoms with Crippen LogP contribution in [0.2, 0.25) is 0 Å². The standard InChI is InChI=1S/C29H31N5O7S/c1-19(2)21-12-13-26(31-18-21)42(36,37)34-22-17-20(3)32-28(27(22)41-24-10-6-5-9-23(24)38-4)39-15-16-40-29(35)33-25-11-7-8-14-30-25/h5-14,17-19H,15-16H2,1-4H3,(H,32,34)(H,30,33,35). The van der Waals surface area contributed by atoms with Crippen LogP contribution >= 0.6 is 0 Å². The number of pyridine rings is 3. The van der Waals surface area contributed by atoms with Gasteiger partial charge in [-0.1, -0.05) is 38.1 Å². The number of anilines is 2. The molecule has 12 nitrogen and oxygen atoms in total. The molecule has 0 saturated heterocycles. The molecule has 0 fully saturated rings. The maximum absolute atomic E-state index is 13.3. The lowest BCUT2D eigenvalue weighted by Gasteiger charge is -2.18. The van der Waals surface area contributed by atoms with Crippen molar-refractivity contribution in [3.05, 3.63) is 84.3 Å². The predicted molar refractivity (Wildman–Crippen MR) is 156 cm³/mol. The van der Waals surface area contributed by atoms with Crippen LogP contribution in [-0.4, -0.2) is 49.8 Å². The Balaban J connectivity index is 1.58. The van der Waals surface area contributed by atoms with Crippen molar-refractivity contribution in [2.24, 2.45) is 0 Å². The molecule has 3 heterocycles. The summed E-state index contributed by atoms with van der Waals surface area (Å²) in [5.41, 5.74) is 1.40. The minimum atomic E-state index is -4.13. The van der Waals surface area contributed by atoms with Gasteiger partial charge in [0.25, 0.3) is 15.9 Å². The topological polar surface area (TPSA) is 151 Å². The maximum atomic E-state index is 13.3. The smallest absolute Gasteiger partial charge is 0.412 e. The predicted octanol–water partition coefficient (Wildman–Crippen LogP) is 5.53. The second kappa shape index (κ2) is 13.6.